The molecule has 5 nitrogen and oxygen atoms in total. The molecule has 0 unspecified atom stereocenters. The highest BCUT2D eigenvalue weighted by molar-refractivity contribution is 6.01. The fraction of sp³-hybridized carbons (Fsp3) is 0.391. The standard InChI is InChI=1S/C23H26N2O3/c1-15(16-8-10-17(11-9-16)22(27)28-2)25-21(26)18-6-5-7-19-20(18)24-14-23(19)12-3-4-13-23/h5-11,15,24H,3-4,12-14H2,1-2H3,(H,25,26)/t15-/m0/s1. The molecule has 1 amide bonds. The number of methoxy groups -OCH3 is 1. The molecule has 2 aromatic carbocycles. The minimum Gasteiger partial charge on any atom is -0.465 e. The van der Waals surface area contributed by atoms with Gasteiger partial charge in [-0.15, -0.1) is 0 Å². The number of ether oxygens (including phenoxy) is 1. The molecule has 0 saturated heterocycles. The van der Waals surface area contributed by atoms with Crippen molar-refractivity contribution in [1.82, 2.24) is 5.32 Å². The summed E-state index contributed by atoms with van der Waals surface area (Å²) in [7, 11) is 1.36. The molecule has 2 N–H and O–H groups in total. The maximum atomic E-state index is 13.0. The van der Waals surface area contributed by atoms with Gasteiger partial charge >= 0.3 is 5.97 Å². The van der Waals surface area contributed by atoms with Crippen molar-refractivity contribution in [2.45, 2.75) is 44.1 Å². The van der Waals surface area contributed by atoms with Gasteiger partial charge in [0.05, 0.1) is 30.0 Å². The van der Waals surface area contributed by atoms with Crippen LogP contribution in [-0.2, 0) is 10.2 Å². The zero-order valence-corrected chi connectivity index (χ0v) is 16.4. The normalized spacial score (nSPS) is 17.6. The van der Waals surface area contributed by atoms with E-state index in [2.05, 4.69) is 16.7 Å². The Kier molecular flexibility index (Phi) is 4.84. The zero-order valence-electron chi connectivity index (χ0n) is 16.4. The van der Waals surface area contributed by atoms with Crippen LogP contribution in [0.1, 0.15) is 70.5 Å². The van der Waals surface area contributed by atoms with Crippen molar-refractivity contribution in [2.24, 2.45) is 0 Å². The molecule has 1 saturated carbocycles. The van der Waals surface area contributed by atoms with E-state index in [0.717, 1.165) is 17.8 Å². The third kappa shape index (κ3) is 3.15. The van der Waals surface area contributed by atoms with Crippen LogP contribution in [0, 0.1) is 0 Å². The SMILES string of the molecule is COC(=O)c1ccc([C@H](C)NC(=O)c2cccc3c2NCC32CCCC2)cc1. The predicted octanol–water partition coefficient (Wildman–Crippen LogP) is 4.20. The average molecular weight is 378 g/mol. The summed E-state index contributed by atoms with van der Waals surface area (Å²) >= 11 is 0. The molecule has 4 rings (SSSR count). The van der Waals surface area contributed by atoms with Gasteiger partial charge in [0.2, 0.25) is 0 Å². The maximum absolute atomic E-state index is 13.0. The van der Waals surface area contributed by atoms with Gasteiger partial charge in [-0.05, 0) is 49.1 Å². The van der Waals surface area contributed by atoms with Crippen LogP contribution in [0.5, 0.6) is 0 Å². The van der Waals surface area contributed by atoms with Gasteiger partial charge in [-0.1, -0.05) is 37.1 Å². The van der Waals surface area contributed by atoms with Crippen molar-refractivity contribution < 1.29 is 14.3 Å². The lowest BCUT2D eigenvalue weighted by atomic mass is 9.80. The summed E-state index contributed by atoms with van der Waals surface area (Å²) in [6.07, 6.45) is 4.91. The number of para-hydroxylation sites is 1. The molecule has 1 heterocycles. The quantitative estimate of drug-likeness (QED) is 0.783. The molecule has 28 heavy (non-hydrogen) atoms. The summed E-state index contributed by atoms with van der Waals surface area (Å²) in [5.41, 5.74) is 4.65. The highest BCUT2D eigenvalue weighted by Crippen LogP contribution is 2.48. The molecule has 1 atom stereocenters. The molecule has 0 bridgehead atoms. The molecule has 2 aromatic rings. The smallest absolute Gasteiger partial charge is 0.337 e. The first kappa shape index (κ1) is 18.5. The summed E-state index contributed by atoms with van der Waals surface area (Å²) in [5.74, 6) is -0.445. The molecule has 0 aromatic heterocycles. The number of carbonyl (C=O) groups excluding carboxylic acids is 2. The molecular weight excluding hydrogens is 352 g/mol. The maximum Gasteiger partial charge on any atom is 0.337 e. The number of amides is 1. The fourth-order valence-electron chi connectivity index (χ4n) is 4.61. The Morgan fingerprint density at radius 2 is 1.82 bits per heavy atom. The lowest BCUT2D eigenvalue weighted by Gasteiger charge is -2.22. The van der Waals surface area contributed by atoms with E-state index in [1.807, 2.05) is 31.2 Å². The Labute approximate surface area is 165 Å². The summed E-state index contributed by atoms with van der Waals surface area (Å²) in [5, 5.41) is 6.60. The van der Waals surface area contributed by atoms with Crippen LogP contribution < -0.4 is 10.6 Å². The fourth-order valence-corrected chi connectivity index (χ4v) is 4.61. The van der Waals surface area contributed by atoms with E-state index in [1.165, 1.54) is 38.4 Å². The van der Waals surface area contributed by atoms with Crippen LogP contribution in [-0.4, -0.2) is 25.5 Å². The van der Waals surface area contributed by atoms with E-state index in [4.69, 9.17) is 4.74 Å². The summed E-state index contributed by atoms with van der Waals surface area (Å²) in [6, 6.07) is 13.0. The second-order valence-electron chi connectivity index (χ2n) is 7.88. The van der Waals surface area contributed by atoms with E-state index >= 15 is 0 Å². The largest absolute Gasteiger partial charge is 0.465 e. The number of hydrogen-bond donors (Lipinski definition) is 2. The molecule has 1 aliphatic carbocycles. The summed E-state index contributed by atoms with van der Waals surface area (Å²) in [6.45, 7) is 2.87. The summed E-state index contributed by atoms with van der Waals surface area (Å²) < 4.78 is 4.73. The van der Waals surface area contributed by atoms with Crippen molar-refractivity contribution in [3.8, 4) is 0 Å². The van der Waals surface area contributed by atoms with Crippen LogP contribution in [0.25, 0.3) is 0 Å². The predicted molar refractivity (Wildman–Crippen MR) is 109 cm³/mol. The van der Waals surface area contributed by atoms with Crippen molar-refractivity contribution >= 4 is 17.6 Å². The van der Waals surface area contributed by atoms with Crippen molar-refractivity contribution in [3.63, 3.8) is 0 Å². The van der Waals surface area contributed by atoms with Crippen LogP contribution in [0.3, 0.4) is 0 Å². The number of esters is 1. The molecule has 0 radical (unpaired) electrons. The van der Waals surface area contributed by atoms with Crippen molar-refractivity contribution in [3.05, 3.63) is 64.7 Å². The first-order valence-electron chi connectivity index (χ1n) is 9.90. The van der Waals surface area contributed by atoms with Crippen LogP contribution in [0.15, 0.2) is 42.5 Å². The lowest BCUT2D eigenvalue weighted by Crippen LogP contribution is -2.27. The number of hydrogen-bond acceptors (Lipinski definition) is 4. The average Bonchev–Trinajstić information content (AvgIpc) is 3.35. The first-order chi connectivity index (χ1) is 13.5. The van der Waals surface area contributed by atoms with Gasteiger partial charge in [0.15, 0.2) is 0 Å². The van der Waals surface area contributed by atoms with Gasteiger partial charge in [-0.3, -0.25) is 4.79 Å². The van der Waals surface area contributed by atoms with E-state index in [9.17, 15) is 9.59 Å². The Balaban J connectivity index is 1.52. The number of benzene rings is 2. The van der Waals surface area contributed by atoms with Crippen molar-refractivity contribution in [1.29, 1.82) is 0 Å². The molecular formula is C23H26N2O3. The highest BCUT2D eigenvalue weighted by Gasteiger charge is 2.42. The van der Waals surface area contributed by atoms with E-state index in [0.29, 0.717) is 11.1 Å². The Morgan fingerprint density at radius 3 is 2.50 bits per heavy atom. The third-order valence-electron chi connectivity index (χ3n) is 6.22. The minimum atomic E-state index is -0.366. The molecule has 146 valence electrons. The van der Waals surface area contributed by atoms with Crippen LogP contribution >= 0.6 is 0 Å². The van der Waals surface area contributed by atoms with E-state index in [1.54, 1.807) is 12.1 Å². The van der Waals surface area contributed by atoms with E-state index in [-0.39, 0.29) is 23.3 Å². The van der Waals surface area contributed by atoms with Gasteiger partial charge in [0.1, 0.15) is 0 Å². The Morgan fingerprint density at radius 1 is 1.11 bits per heavy atom. The number of rotatable bonds is 4. The molecule has 1 aliphatic heterocycles. The second kappa shape index (κ2) is 7.30. The zero-order chi connectivity index (χ0) is 19.7. The highest BCUT2D eigenvalue weighted by atomic mass is 16.5. The van der Waals surface area contributed by atoms with Crippen LogP contribution in [0.2, 0.25) is 0 Å². The van der Waals surface area contributed by atoms with Gasteiger partial charge in [0.25, 0.3) is 5.91 Å². The molecule has 1 fully saturated rings. The molecule has 2 aliphatic rings. The van der Waals surface area contributed by atoms with E-state index < -0.39 is 0 Å². The molecule has 1 spiro atoms. The van der Waals surface area contributed by atoms with Gasteiger partial charge < -0.3 is 15.4 Å². The number of anilines is 1. The van der Waals surface area contributed by atoms with Crippen LogP contribution in [0.4, 0.5) is 5.69 Å². The van der Waals surface area contributed by atoms with Gasteiger partial charge in [-0.25, -0.2) is 4.79 Å². The lowest BCUT2D eigenvalue weighted by molar-refractivity contribution is 0.0600. The van der Waals surface area contributed by atoms with Crippen molar-refractivity contribution in [2.75, 3.05) is 19.0 Å². The Hall–Kier alpha value is -2.82. The van der Waals surface area contributed by atoms with Gasteiger partial charge in [-0.2, -0.15) is 0 Å². The monoisotopic (exact) mass is 378 g/mol. The first-order valence-corrected chi connectivity index (χ1v) is 9.90. The number of fused-ring (bicyclic) bond motifs is 2. The number of carbonyl (C=O) groups is 2. The topological polar surface area (TPSA) is 67.4 Å². The minimum absolute atomic E-state index is 0.0797. The number of nitrogens with one attached hydrogen (secondary N) is 2. The second-order valence-corrected chi connectivity index (χ2v) is 7.88. The molecule has 5 heteroatoms. The summed E-state index contributed by atoms with van der Waals surface area (Å²) in [4.78, 5) is 24.6. The Bertz CT molecular complexity index is 899. The van der Waals surface area contributed by atoms with Gasteiger partial charge in [0, 0.05) is 12.0 Å². The third-order valence-corrected chi connectivity index (χ3v) is 6.22.